The van der Waals surface area contributed by atoms with E-state index in [4.69, 9.17) is 4.42 Å². The highest BCUT2D eigenvalue weighted by atomic mass is 32.1. The van der Waals surface area contributed by atoms with Crippen molar-refractivity contribution in [2.75, 3.05) is 13.1 Å². The zero-order chi connectivity index (χ0) is 21.3. The third-order valence-corrected chi connectivity index (χ3v) is 6.01. The summed E-state index contributed by atoms with van der Waals surface area (Å²) in [4.78, 5) is 30.8. The van der Waals surface area contributed by atoms with E-state index in [2.05, 4.69) is 19.9 Å². The maximum atomic E-state index is 13.3. The number of rotatable bonds is 10. The van der Waals surface area contributed by atoms with Gasteiger partial charge in [0.05, 0.1) is 12.8 Å². The van der Waals surface area contributed by atoms with E-state index >= 15 is 0 Å². The Morgan fingerprint density at radius 3 is 2.43 bits per heavy atom. The van der Waals surface area contributed by atoms with Crippen molar-refractivity contribution >= 4 is 23.2 Å². The molecule has 3 rings (SSSR count). The summed E-state index contributed by atoms with van der Waals surface area (Å²) in [6.07, 6.45) is 3.26. The van der Waals surface area contributed by atoms with E-state index in [1.54, 1.807) is 28.4 Å². The molecule has 2 amide bonds. The first-order valence-electron chi connectivity index (χ1n) is 10.3. The summed E-state index contributed by atoms with van der Waals surface area (Å²) in [5, 5.41) is 2.05. The Morgan fingerprint density at radius 2 is 1.80 bits per heavy atom. The van der Waals surface area contributed by atoms with Crippen LogP contribution >= 0.6 is 11.3 Å². The van der Waals surface area contributed by atoms with Gasteiger partial charge in [0, 0.05) is 18.0 Å². The molecule has 0 saturated heterocycles. The number of hydrogen-bond acceptors (Lipinski definition) is 4. The number of benzene rings is 1. The summed E-state index contributed by atoms with van der Waals surface area (Å²) in [7, 11) is 0. The van der Waals surface area contributed by atoms with E-state index in [-0.39, 0.29) is 24.1 Å². The average molecular weight is 425 g/mol. The molecular formula is C24H28N2O3S. The minimum atomic E-state index is -0.242. The van der Waals surface area contributed by atoms with Gasteiger partial charge in [-0.2, -0.15) is 0 Å². The molecule has 0 aliphatic heterocycles. The van der Waals surface area contributed by atoms with Gasteiger partial charge < -0.3 is 14.2 Å². The van der Waals surface area contributed by atoms with Gasteiger partial charge in [-0.05, 0) is 48.1 Å². The fraction of sp³-hybridized carbons (Fsp3) is 0.333. The van der Waals surface area contributed by atoms with Crippen molar-refractivity contribution in [3.8, 4) is 0 Å². The van der Waals surface area contributed by atoms with Crippen molar-refractivity contribution in [2.24, 2.45) is 0 Å². The number of carbonyl (C=O) groups is 2. The lowest BCUT2D eigenvalue weighted by Crippen LogP contribution is -2.42. The maximum absolute atomic E-state index is 13.3. The van der Waals surface area contributed by atoms with Crippen molar-refractivity contribution in [1.29, 1.82) is 0 Å². The molecule has 0 aliphatic carbocycles. The minimum absolute atomic E-state index is 0.0385. The predicted octanol–water partition coefficient (Wildman–Crippen LogP) is 5.12. The van der Waals surface area contributed by atoms with Gasteiger partial charge in [-0.1, -0.05) is 43.7 Å². The van der Waals surface area contributed by atoms with Gasteiger partial charge in [0.2, 0.25) is 5.91 Å². The van der Waals surface area contributed by atoms with Crippen LogP contribution in [0.4, 0.5) is 0 Å². The van der Waals surface area contributed by atoms with E-state index < -0.39 is 0 Å². The van der Waals surface area contributed by atoms with Crippen molar-refractivity contribution in [1.82, 2.24) is 9.80 Å². The Balaban J connectivity index is 1.78. The van der Waals surface area contributed by atoms with Crippen LogP contribution in [0, 0.1) is 6.92 Å². The molecule has 0 radical (unpaired) electrons. The van der Waals surface area contributed by atoms with Crippen LogP contribution in [-0.4, -0.2) is 34.7 Å². The zero-order valence-corrected chi connectivity index (χ0v) is 18.4. The number of unbranched alkanes of at least 4 members (excludes halogenated alkanes) is 1. The number of hydrogen-bond donors (Lipinski definition) is 0. The predicted molar refractivity (Wildman–Crippen MR) is 119 cm³/mol. The monoisotopic (exact) mass is 424 g/mol. The lowest BCUT2D eigenvalue weighted by molar-refractivity contribution is -0.133. The SMILES string of the molecule is CCCCN(CC(=O)N(Cc1ccccc1)Cc1sccc1C)C(=O)c1ccco1. The Morgan fingerprint density at radius 1 is 1.00 bits per heavy atom. The first-order valence-corrected chi connectivity index (χ1v) is 11.1. The van der Waals surface area contributed by atoms with Crippen molar-refractivity contribution in [2.45, 2.75) is 39.8 Å². The Labute approximate surface area is 181 Å². The quantitative estimate of drug-likeness (QED) is 0.454. The lowest BCUT2D eigenvalue weighted by atomic mass is 10.2. The largest absolute Gasteiger partial charge is 0.459 e. The minimum Gasteiger partial charge on any atom is -0.459 e. The molecule has 6 heteroatoms. The van der Waals surface area contributed by atoms with Gasteiger partial charge in [-0.15, -0.1) is 11.3 Å². The fourth-order valence-electron chi connectivity index (χ4n) is 3.20. The third-order valence-electron chi connectivity index (χ3n) is 5.00. The molecule has 0 bridgehead atoms. The highest BCUT2D eigenvalue weighted by Gasteiger charge is 2.24. The number of thiophene rings is 1. The Kier molecular flexibility index (Phi) is 7.85. The molecule has 0 saturated carbocycles. The average Bonchev–Trinajstić information content (AvgIpc) is 3.43. The second-order valence-electron chi connectivity index (χ2n) is 7.32. The standard InChI is InChI=1S/C24H28N2O3S/c1-3-4-13-25(24(28)21-11-8-14-29-21)18-23(27)26(16-20-9-6-5-7-10-20)17-22-19(2)12-15-30-22/h5-12,14-15H,3-4,13,16-18H2,1-2H3. The van der Waals surface area contributed by atoms with E-state index in [1.807, 2.05) is 40.6 Å². The van der Waals surface area contributed by atoms with Crippen LogP contribution in [0.2, 0.25) is 0 Å². The van der Waals surface area contributed by atoms with E-state index in [9.17, 15) is 9.59 Å². The molecule has 0 aliphatic rings. The van der Waals surface area contributed by atoms with Crippen LogP contribution in [0.25, 0.3) is 0 Å². The summed E-state index contributed by atoms with van der Waals surface area (Å²) in [6, 6.07) is 15.4. The number of amides is 2. The summed E-state index contributed by atoms with van der Waals surface area (Å²) in [5.41, 5.74) is 2.25. The van der Waals surface area contributed by atoms with Gasteiger partial charge in [0.1, 0.15) is 6.54 Å². The second-order valence-corrected chi connectivity index (χ2v) is 8.32. The summed E-state index contributed by atoms with van der Waals surface area (Å²) in [6.45, 7) is 5.74. The topological polar surface area (TPSA) is 53.8 Å². The van der Waals surface area contributed by atoms with Crippen LogP contribution in [0.1, 0.15) is 46.3 Å². The molecule has 158 valence electrons. The molecular weight excluding hydrogens is 396 g/mol. The Bertz CT molecular complexity index is 935. The van der Waals surface area contributed by atoms with Gasteiger partial charge in [0.15, 0.2) is 5.76 Å². The summed E-state index contributed by atoms with van der Waals surface area (Å²) in [5.74, 6) is -0.0426. The maximum Gasteiger partial charge on any atom is 0.290 e. The van der Waals surface area contributed by atoms with Crippen LogP contribution in [0.15, 0.2) is 64.6 Å². The normalized spacial score (nSPS) is 10.7. The fourth-order valence-corrected chi connectivity index (χ4v) is 4.12. The number of furan rings is 1. The lowest BCUT2D eigenvalue weighted by Gasteiger charge is -2.27. The van der Waals surface area contributed by atoms with Gasteiger partial charge in [0.25, 0.3) is 5.91 Å². The van der Waals surface area contributed by atoms with E-state index in [0.29, 0.717) is 19.6 Å². The molecule has 0 atom stereocenters. The highest BCUT2D eigenvalue weighted by Crippen LogP contribution is 2.20. The van der Waals surface area contributed by atoms with Gasteiger partial charge >= 0.3 is 0 Å². The van der Waals surface area contributed by atoms with Crippen LogP contribution in [-0.2, 0) is 17.9 Å². The number of aryl methyl sites for hydroxylation is 1. The highest BCUT2D eigenvalue weighted by molar-refractivity contribution is 7.10. The number of carbonyl (C=O) groups excluding carboxylic acids is 2. The van der Waals surface area contributed by atoms with Crippen LogP contribution in [0.5, 0.6) is 0 Å². The van der Waals surface area contributed by atoms with Crippen LogP contribution in [0.3, 0.4) is 0 Å². The molecule has 0 N–H and O–H groups in total. The van der Waals surface area contributed by atoms with E-state index in [1.165, 1.54) is 11.8 Å². The molecule has 3 aromatic rings. The van der Waals surface area contributed by atoms with Crippen LogP contribution < -0.4 is 0 Å². The molecule has 1 aromatic carbocycles. The van der Waals surface area contributed by atoms with Crippen molar-refractivity contribution in [3.63, 3.8) is 0 Å². The van der Waals surface area contributed by atoms with Gasteiger partial charge in [-0.3, -0.25) is 9.59 Å². The molecule has 0 unspecified atom stereocenters. The van der Waals surface area contributed by atoms with Gasteiger partial charge in [-0.25, -0.2) is 0 Å². The van der Waals surface area contributed by atoms with Crippen molar-refractivity contribution < 1.29 is 14.0 Å². The van der Waals surface area contributed by atoms with Crippen molar-refractivity contribution in [3.05, 3.63) is 81.9 Å². The zero-order valence-electron chi connectivity index (χ0n) is 17.5. The first kappa shape index (κ1) is 21.8. The Hall–Kier alpha value is -2.86. The summed E-state index contributed by atoms with van der Waals surface area (Å²) >= 11 is 1.65. The molecule has 30 heavy (non-hydrogen) atoms. The third kappa shape index (κ3) is 5.83. The second kappa shape index (κ2) is 10.8. The molecule has 2 aromatic heterocycles. The first-order chi connectivity index (χ1) is 14.6. The molecule has 2 heterocycles. The molecule has 0 fully saturated rings. The molecule has 0 spiro atoms. The van der Waals surface area contributed by atoms with E-state index in [0.717, 1.165) is 23.3 Å². The molecule has 5 nitrogen and oxygen atoms in total. The number of nitrogens with zero attached hydrogens (tertiary/aromatic N) is 2. The smallest absolute Gasteiger partial charge is 0.290 e. The summed E-state index contributed by atoms with van der Waals surface area (Å²) < 4.78 is 5.28.